The van der Waals surface area contributed by atoms with Crippen LogP contribution in [0.5, 0.6) is 11.5 Å². The molecule has 1 N–H and O–H groups in total. The maximum Gasteiger partial charge on any atom is 0.261 e. The highest BCUT2D eigenvalue weighted by Gasteiger charge is 2.21. The summed E-state index contributed by atoms with van der Waals surface area (Å²) in [6.45, 7) is 2.60. The minimum atomic E-state index is -0.145. The van der Waals surface area contributed by atoms with Gasteiger partial charge in [0.1, 0.15) is 11.5 Å². The number of methoxy groups -OCH3 is 1. The van der Waals surface area contributed by atoms with Gasteiger partial charge in [-0.05, 0) is 37.1 Å². The first-order chi connectivity index (χ1) is 11.6. The van der Waals surface area contributed by atoms with Gasteiger partial charge in [0.2, 0.25) is 0 Å². The van der Waals surface area contributed by atoms with Crippen molar-refractivity contribution in [2.24, 2.45) is 5.92 Å². The summed E-state index contributed by atoms with van der Waals surface area (Å²) in [4.78, 5) is 24.6. The summed E-state index contributed by atoms with van der Waals surface area (Å²) in [7, 11) is 1.63. The number of hydrogen-bond donors (Lipinski definition) is 1. The molecule has 3 rings (SSSR count). The molecular formula is C18H19NO4S. The lowest BCUT2D eigenvalue weighted by Gasteiger charge is -2.25. The van der Waals surface area contributed by atoms with Gasteiger partial charge in [-0.25, -0.2) is 0 Å². The second kappa shape index (κ2) is 7.05. The maximum atomic E-state index is 12.2. The summed E-state index contributed by atoms with van der Waals surface area (Å²) < 4.78 is 11.0. The third-order valence-corrected chi connectivity index (χ3v) is 5.17. The second-order valence-electron chi connectivity index (χ2n) is 5.78. The highest BCUT2D eigenvalue weighted by molar-refractivity contribution is 7.15. The number of fused-ring (bicyclic) bond motifs is 1. The summed E-state index contributed by atoms with van der Waals surface area (Å²) in [5, 5.41) is 2.93. The fraction of sp³-hybridized carbons (Fsp3) is 0.333. The molecule has 1 aliphatic heterocycles. The van der Waals surface area contributed by atoms with Crippen LogP contribution >= 0.6 is 11.3 Å². The monoisotopic (exact) mass is 345 g/mol. The van der Waals surface area contributed by atoms with Gasteiger partial charge >= 0.3 is 0 Å². The van der Waals surface area contributed by atoms with Gasteiger partial charge in [0.05, 0.1) is 23.5 Å². The third-order valence-electron chi connectivity index (χ3n) is 3.99. The zero-order valence-corrected chi connectivity index (χ0v) is 14.4. The van der Waals surface area contributed by atoms with Crippen molar-refractivity contribution in [3.05, 3.63) is 45.6 Å². The van der Waals surface area contributed by atoms with Gasteiger partial charge in [-0.15, -0.1) is 11.3 Å². The van der Waals surface area contributed by atoms with Crippen molar-refractivity contribution in [3.63, 3.8) is 0 Å². The Morgan fingerprint density at radius 2 is 2.08 bits per heavy atom. The van der Waals surface area contributed by atoms with Gasteiger partial charge in [0.15, 0.2) is 5.78 Å². The molecule has 0 unspecified atom stereocenters. The number of nitrogens with one attached hydrogen (secondary N) is 1. The van der Waals surface area contributed by atoms with E-state index in [-0.39, 0.29) is 17.6 Å². The van der Waals surface area contributed by atoms with E-state index in [4.69, 9.17) is 9.47 Å². The molecular weight excluding hydrogens is 326 g/mol. The van der Waals surface area contributed by atoms with Crippen LogP contribution in [0, 0.1) is 5.92 Å². The van der Waals surface area contributed by atoms with Crippen molar-refractivity contribution in [1.29, 1.82) is 0 Å². The Hall–Kier alpha value is -2.34. The van der Waals surface area contributed by atoms with Gasteiger partial charge in [0.25, 0.3) is 5.91 Å². The summed E-state index contributed by atoms with van der Waals surface area (Å²) in [6, 6.07) is 9.18. The number of carbonyl (C=O) groups is 2. The number of benzene rings is 1. The first-order valence-electron chi connectivity index (χ1n) is 7.75. The lowest BCUT2D eigenvalue weighted by Crippen LogP contribution is -2.34. The number of Topliss-reactive ketones (excluding diaryl/α,β-unsaturated/α-hetero) is 1. The molecule has 0 aliphatic carbocycles. The van der Waals surface area contributed by atoms with Gasteiger partial charge in [-0.2, -0.15) is 0 Å². The van der Waals surface area contributed by atoms with E-state index in [0.29, 0.717) is 22.9 Å². The summed E-state index contributed by atoms with van der Waals surface area (Å²) >= 11 is 1.22. The SMILES string of the molecule is COc1ccc2c(c1)OC[C@H](CNC(=O)c1ccc(C(C)=O)s1)C2. The van der Waals surface area contributed by atoms with Gasteiger partial charge in [-0.1, -0.05) is 6.07 Å². The van der Waals surface area contributed by atoms with E-state index >= 15 is 0 Å². The Morgan fingerprint density at radius 1 is 1.29 bits per heavy atom. The van der Waals surface area contributed by atoms with Crippen LogP contribution in [0.3, 0.4) is 0 Å². The fourth-order valence-corrected chi connectivity index (χ4v) is 3.46. The molecule has 1 atom stereocenters. The normalized spacial score (nSPS) is 16.0. The Morgan fingerprint density at radius 3 is 2.79 bits per heavy atom. The van der Waals surface area contributed by atoms with Crippen molar-refractivity contribution in [2.75, 3.05) is 20.3 Å². The van der Waals surface area contributed by atoms with Crippen LogP contribution in [0.4, 0.5) is 0 Å². The molecule has 5 nitrogen and oxygen atoms in total. The van der Waals surface area contributed by atoms with E-state index in [0.717, 1.165) is 23.5 Å². The van der Waals surface area contributed by atoms with Crippen LogP contribution in [0.1, 0.15) is 31.8 Å². The van der Waals surface area contributed by atoms with Crippen LogP contribution < -0.4 is 14.8 Å². The molecule has 0 saturated carbocycles. The van der Waals surface area contributed by atoms with Crippen LogP contribution in [0.15, 0.2) is 30.3 Å². The van der Waals surface area contributed by atoms with Gasteiger partial charge in [-0.3, -0.25) is 9.59 Å². The van der Waals surface area contributed by atoms with Crippen molar-refractivity contribution in [1.82, 2.24) is 5.32 Å². The van der Waals surface area contributed by atoms with Crippen LogP contribution in [0.2, 0.25) is 0 Å². The van der Waals surface area contributed by atoms with Gasteiger partial charge in [0, 0.05) is 18.5 Å². The summed E-state index contributed by atoms with van der Waals surface area (Å²) in [6.07, 6.45) is 0.850. The first kappa shape index (κ1) is 16.5. The Balaban J connectivity index is 1.57. The predicted octanol–water partition coefficient (Wildman–Crippen LogP) is 2.94. The van der Waals surface area contributed by atoms with Crippen LogP contribution in [-0.4, -0.2) is 32.0 Å². The van der Waals surface area contributed by atoms with E-state index in [1.54, 1.807) is 19.2 Å². The molecule has 1 aromatic heterocycles. The molecule has 0 radical (unpaired) electrons. The highest BCUT2D eigenvalue weighted by atomic mass is 32.1. The van der Waals surface area contributed by atoms with Crippen molar-refractivity contribution < 1.29 is 19.1 Å². The van der Waals surface area contributed by atoms with Crippen molar-refractivity contribution >= 4 is 23.0 Å². The molecule has 0 fully saturated rings. The smallest absolute Gasteiger partial charge is 0.261 e. The average molecular weight is 345 g/mol. The molecule has 24 heavy (non-hydrogen) atoms. The van der Waals surface area contributed by atoms with E-state index in [1.165, 1.54) is 18.3 Å². The molecule has 2 aromatic rings. The Bertz CT molecular complexity index is 768. The maximum absolute atomic E-state index is 12.2. The molecule has 1 amide bonds. The number of hydrogen-bond acceptors (Lipinski definition) is 5. The molecule has 126 valence electrons. The Labute approximate surface area is 144 Å². The average Bonchev–Trinajstić information content (AvgIpc) is 3.09. The zero-order valence-electron chi connectivity index (χ0n) is 13.6. The minimum Gasteiger partial charge on any atom is -0.497 e. The summed E-state index contributed by atoms with van der Waals surface area (Å²) in [5.41, 5.74) is 1.12. The molecule has 0 spiro atoms. The number of rotatable bonds is 5. The highest BCUT2D eigenvalue weighted by Crippen LogP contribution is 2.30. The van der Waals surface area contributed by atoms with E-state index in [9.17, 15) is 9.59 Å². The quantitative estimate of drug-likeness (QED) is 0.846. The molecule has 0 saturated heterocycles. The third kappa shape index (κ3) is 3.59. The number of ether oxygens (including phenoxy) is 2. The van der Waals surface area contributed by atoms with E-state index in [2.05, 4.69) is 5.32 Å². The molecule has 1 aliphatic rings. The lowest BCUT2D eigenvalue weighted by molar-refractivity contribution is 0.0942. The minimum absolute atomic E-state index is 0.0215. The van der Waals surface area contributed by atoms with E-state index in [1.807, 2.05) is 18.2 Å². The largest absolute Gasteiger partial charge is 0.497 e. The topological polar surface area (TPSA) is 64.6 Å². The predicted molar refractivity (Wildman–Crippen MR) is 92.3 cm³/mol. The van der Waals surface area contributed by atoms with Crippen LogP contribution in [0.25, 0.3) is 0 Å². The number of ketones is 1. The fourth-order valence-electron chi connectivity index (χ4n) is 2.65. The Kier molecular flexibility index (Phi) is 4.85. The molecule has 6 heteroatoms. The summed E-state index contributed by atoms with van der Waals surface area (Å²) in [5.74, 6) is 1.68. The van der Waals surface area contributed by atoms with Crippen LogP contribution in [-0.2, 0) is 6.42 Å². The molecule has 0 bridgehead atoms. The number of amides is 1. The number of carbonyl (C=O) groups excluding carboxylic acids is 2. The zero-order chi connectivity index (χ0) is 17.1. The van der Waals surface area contributed by atoms with Crippen molar-refractivity contribution in [2.45, 2.75) is 13.3 Å². The standard InChI is InChI=1S/C18H19NO4S/c1-11(20)16-5-6-17(24-16)18(21)19-9-12-7-13-3-4-14(22-2)8-15(13)23-10-12/h3-6,8,12H,7,9-10H2,1-2H3,(H,19,21)/t12-/m0/s1. The molecule has 1 aromatic carbocycles. The van der Waals surface area contributed by atoms with Crippen molar-refractivity contribution in [3.8, 4) is 11.5 Å². The second-order valence-corrected chi connectivity index (χ2v) is 6.87. The van der Waals surface area contributed by atoms with E-state index < -0.39 is 0 Å². The van der Waals surface area contributed by atoms with Gasteiger partial charge < -0.3 is 14.8 Å². The first-order valence-corrected chi connectivity index (χ1v) is 8.57. The molecule has 2 heterocycles. The lowest BCUT2D eigenvalue weighted by atomic mass is 9.96. The number of thiophene rings is 1.